The lowest BCUT2D eigenvalue weighted by Crippen LogP contribution is -2.05. The summed E-state index contributed by atoms with van der Waals surface area (Å²) in [6.45, 7) is 1.86. The standard InChI is InChI=1S/C20H18Cl2N6O2S/c1-11(19-15(21)9-24-10-16(19)22)30-13-4-6-18-14(7-13)17(27-28-18)5-3-12-8-25-20(26-12)31(2,23)29/h3-11,23H,1-2H3,(H,25,26)(H,27,28)/b5-3+. The van der Waals surface area contributed by atoms with Crippen LogP contribution < -0.4 is 4.74 Å². The van der Waals surface area contributed by atoms with Crippen LogP contribution >= 0.6 is 23.2 Å². The molecule has 4 aromatic rings. The zero-order chi connectivity index (χ0) is 22.2. The Morgan fingerprint density at radius 3 is 2.61 bits per heavy atom. The maximum Gasteiger partial charge on any atom is 0.204 e. The van der Waals surface area contributed by atoms with Crippen molar-refractivity contribution in [1.82, 2.24) is 25.1 Å². The molecular weight excluding hydrogens is 459 g/mol. The summed E-state index contributed by atoms with van der Waals surface area (Å²) in [7, 11) is -2.90. The summed E-state index contributed by atoms with van der Waals surface area (Å²) >= 11 is 12.5. The molecular formula is C20H18Cl2N6O2S. The van der Waals surface area contributed by atoms with Crippen LogP contribution in [-0.4, -0.2) is 35.6 Å². The summed E-state index contributed by atoms with van der Waals surface area (Å²) < 4.78 is 25.4. The number of ether oxygens (including phenoxy) is 1. The molecule has 3 aromatic heterocycles. The molecule has 1 aromatic carbocycles. The second-order valence-corrected chi connectivity index (χ2v) is 9.80. The summed E-state index contributed by atoms with van der Waals surface area (Å²) in [5.74, 6) is 0.628. The molecule has 0 aliphatic carbocycles. The van der Waals surface area contributed by atoms with E-state index >= 15 is 0 Å². The molecule has 0 bridgehead atoms. The fourth-order valence-corrected chi connectivity index (χ4v) is 4.29. The first-order chi connectivity index (χ1) is 14.7. The maximum absolute atomic E-state index is 11.8. The zero-order valence-corrected chi connectivity index (χ0v) is 18.8. The topological polar surface area (TPSA) is 120 Å². The Bertz CT molecular complexity index is 1370. The van der Waals surface area contributed by atoms with Gasteiger partial charge in [0.15, 0.2) is 0 Å². The third-order valence-electron chi connectivity index (χ3n) is 4.54. The average molecular weight is 477 g/mol. The van der Waals surface area contributed by atoms with E-state index in [-0.39, 0.29) is 11.3 Å². The highest BCUT2D eigenvalue weighted by Crippen LogP contribution is 2.33. The number of fused-ring (bicyclic) bond motifs is 1. The van der Waals surface area contributed by atoms with Crippen molar-refractivity contribution in [2.24, 2.45) is 0 Å². The molecule has 0 saturated carbocycles. The summed E-state index contributed by atoms with van der Waals surface area (Å²) in [6.07, 6.45) is 9.06. The SMILES string of the molecule is CC(Oc1ccc2[nH]nc(/C=C/c3cnc(S(C)(=N)=O)[nH]3)c2c1)c1c(Cl)cncc1Cl. The molecule has 0 aliphatic heterocycles. The first-order valence-electron chi connectivity index (χ1n) is 9.13. The normalized spacial score (nSPS) is 14.7. The molecule has 11 heteroatoms. The Morgan fingerprint density at radius 1 is 1.19 bits per heavy atom. The van der Waals surface area contributed by atoms with E-state index in [1.165, 1.54) is 24.8 Å². The van der Waals surface area contributed by atoms with Gasteiger partial charge in [-0.25, -0.2) is 14.0 Å². The largest absolute Gasteiger partial charge is 0.486 e. The molecule has 0 fully saturated rings. The number of H-pyrrole nitrogens is 2. The molecule has 0 spiro atoms. The second-order valence-electron chi connectivity index (χ2n) is 6.91. The van der Waals surface area contributed by atoms with Gasteiger partial charge in [0.25, 0.3) is 0 Å². The molecule has 2 atom stereocenters. The number of rotatable bonds is 6. The van der Waals surface area contributed by atoms with Gasteiger partial charge in [0, 0.05) is 29.6 Å². The first-order valence-corrected chi connectivity index (χ1v) is 11.8. The van der Waals surface area contributed by atoms with Gasteiger partial charge in [-0.15, -0.1) is 0 Å². The van der Waals surface area contributed by atoms with Gasteiger partial charge in [0.2, 0.25) is 5.16 Å². The summed E-state index contributed by atoms with van der Waals surface area (Å²) in [5, 5.41) is 9.17. The summed E-state index contributed by atoms with van der Waals surface area (Å²) in [6, 6.07) is 5.58. The predicted octanol–water partition coefficient (Wildman–Crippen LogP) is 5.33. The Balaban J connectivity index is 1.60. The summed E-state index contributed by atoms with van der Waals surface area (Å²) in [5.41, 5.74) is 2.82. The van der Waals surface area contributed by atoms with Crippen LogP contribution in [0.3, 0.4) is 0 Å². The van der Waals surface area contributed by atoms with Crippen LogP contribution in [0.5, 0.6) is 5.75 Å². The molecule has 0 aliphatic rings. The second kappa shape index (κ2) is 8.33. The van der Waals surface area contributed by atoms with Gasteiger partial charge in [-0.2, -0.15) is 5.10 Å². The fourth-order valence-electron chi connectivity index (χ4n) is 3.05. The Hall–Kier alpha value is -2.88. The Labute approximate surface area is 188 Å². The highest BCUT2D eigenvalue weighted by atomic mass is 35.5. The maximum atomic E-state index is 11.8. The van der Waals surface area contributed by atoms with Crippen molar-refractivity contribution in [3.05, 3.63) is 63.8 Å². The van der Waals surface area contributed by atoms with Crippen molar-refractivity contribution in [2.45, 2.75) is 18.2 Å². The highest BCUT2D eigenvalue weighted by molar-refractivity contribution is 7.91. The third kappa shape index (κ3) is 4.58. The number of hydrogen-bond donors (Lipinski definition) is 3. The molecule has 0 amide bonds. The number of pyridine rings is 1. The number of nitrogens with zero attached hydrogens (tertiary/aromatic N) is 3. The average Bonchev–Trinajstić information content (AvgIpc) is 3.33. The van der Waals surface area contributed by atoms with Gasteiger partial charge >= 0.3 is 0 Å². The molecule has 3 heterocycles. The van der Waals surface area contributed by atoms with E-state index in [0.717, 1.165) is 10.9 Å². The van der Waals surface area contributed by atoms with Crippen LogP contribution in [0.15, 0.2) is 41.9 Å². The minimum Gasteiger partial charge on any atom is -0.486 e. The lowest BCUT2D eigenvalue weighted by atomic mass is 10.1. The number of imidazole rings is 1. The van der Waals surface area contributed by atoms with Crippen LogP contribution in [-0.2, 0) is 9.73 Å². The third-order valence-corrected chi connectivity index (χ3v) is 6.08. The monoisotopic (exact) mass is 476 g/mol. The number of hydrogen-bond acceptors (Lipinski definition) is 6. The van der Waals surface area contributed by atoms with Gasteiger partial charge in [0.05, 0.1) is 33.1 Å². The number of benzene rings is 1. The minimum absolute atomic E-state index is 0.136. The smallest absolute Gasteiger partial charge is 0.204 e. The molecule has 0 saturated heterocycles. The van der Waals surface area contributed by atoms with E-state index < -0.39 is 9.73 Å². The first kappa shape index (κ1) is 21.4. The number of halogens is 2. The summed E-state index contributed by atoms with van der Waals surface area (Å²) in [4.78, 5) is 10.8. The van der Waals surface area contributed by atoms with E-state index in [1.807, 2.05) is 25.1 Å². The van der Waals surface area contributed by atoms with E-state index in [1.54, 1.807) is 12.2 Å². The minimum atomic E-state index is -2.90. The van der Waals surface area contributed by atoms with Gasteiger partial charge in [-0.1, -0.05) is 23.2 Å². The lowest BCUT2D eigenvalue weighted by Gasteiger charge is -2.17. The van der Waals surface area contributed by atoms with Gasteiger partial charge in [0.1, 0.15) is 21.6 Å². The van der Waals surface area contributed by atoms with Crippen molar-refractivity contribution in [3.63, 3.8) is 0 Å². The predicted molar refractivity (Wildman–Crippen MR) is 122 cm³/mol. The van der Waals surface area contributed by atoms with Crippen molar-refractivity contribution < 1.29 is 8.95 Å². The fraction of sp³-hybridized carbons (Fsp3) is 0.150. The molecule has 2 unspecified atom stereocenters. The van der Waals surface area contributed by atoms with Gasteiger partial charge < -0.3 is 9.72 Å². The van der Waals surface area contributed by atoms with E-state index in [9.17, 15) is 4.21 Å². The number of aromatic amines is 2. The molecule has 160 valence electrons. The van der Waals surface area contributed by atoms with E-state index in [0.29, 0.717) is 32.7 Å². The Kier molecular flexibility index (Phi) is 5.74. The van der Waals surface area contributed by atoms with Crippen LogP contribution in [0.1, 0.15) is 30.0 Å². The quantitative estimate of drug-likeness (QED) is 0.347. The highest BCUT2D eigenvalue weighted by Gasteiger charge is 2.16. The van der Waals surface area contributed by atoms with Crippen LogP contribution in [0, 0.1) is 4.78 Å². The van der Waals surface area contributed by atoms with Crippen LogP contribution in [0.4, 0.5) is 0 Å². The van der Waals surface area contributed by atoms with Gasteiger partial charge in [-0.3, -0.25) is 10.1 Å². The molecule has 8 nitrogen and oxygen atoms in total. The van der Waals surface area contributed by atoms with E-state index in [4.69, 9.17) is 32.7 Å². The van der Waals surface area contributed by atoms with Crippen molar-refractivity contribution in [2.75, 3.05) is 6.26 Å². The molecule has 4 rings (SSSR count). The molecule has 0 radical (unpaired) electrons. The number of nitrogens with one attached hydrogen (secondary N) is 3. The van der Waals surface area contributed by atoms with Crippen molar-refractivity contribution in [1.29, 1.82) is 4.78 Å². The van der Waals surface area contributed by atoms with E-state index in [2.05, 4.69) is 25.1 Å². The zero-order valence-electron chi connectivity index (χ0n) is 16.5. The molecule has 31 heavy (non-hydrogen) atoms. The Morgan fingerprint density at radius 2 is 1.94 bits per heavy atom. The number of aromatic nitrogens is 5. The van der Waals surface area contributed by atoms with Crippen molar-refractivity contribution >= 4 is 56.0 Å². The van der Waals surface area contributed by atoms with Crippen LogP contribution in [0.25, 0.3) is 23.1 Å². The van der Waals surface area contributed by atoms with Gasteiger partial charge in [-0.05, 0) is 37.3 Å². The lowest BCUT2D eigenvalue weighted by molar-refractivity contribution is 0.227. The van der Waals surface area contributed by atoms with Crippen molar-refractivity contribution in [3.8, 4) is 5.75 Å². The van der Waals surface area contributed by atoms with Crippen LogP contribution in [0.2, 0.25) is 10.0 Å². The molecule has 3 N–H and O–H groups in total.